The highest BCUT2D eigenvalue weighted by atomic mass is 35.5. The van der Waals surface area contributed by atoms with Crippen LogP contribution in [-0.4, -0.2) is 22.5 Å². The molecule has 0 fully saturated rings. The molecular weight excluding hydrogens is 374 g/mol. The van der Waals surface area contributed by atoms with Crippen molar-refractivity contribution < 1.29 is 9.53 Å². The molecule has 1 amide bonds. The van der Waals surface area contributed by atoms with E-state index in [1.165, 1.54) is 0 Å². The van der Waals surface area contributed by atoms with Gasteiger partial charge in [-0.25, -0.2) is 4.98 Å². The standard InChI is InChI=1S/C22H18ClN3O2/c1-2-28-20-12-11-16(13-17(20)23)24-22(27)15-9-7-14(8-10-15)21-25-18-5-3-4-6-19(18)26-21/h3-13H,2H2,1H3,(H,24,27)(H,25,26). The summed E-state index contributed by atoms with van der Waals surface area (Å²) in [4.78, 5) is 20.4. The molecule has 0 atom stereocenters. The summed E-state index contributed by atoms with van der Waals surface area (Å²) in [7, 11) is 0. The van der Waals surface area contributed by atoms with Crippen molar-refractivity contribution in [1.29, 1.82) is 0 Å². The van der Waals surface area contributed by atoms with Gasteiger partial charge in [-0.2, -0.15) is 0 Å². The first-order chi connectivity index (χ1) is 13.6. The number of carbonyl (C=O) groups excluding carboxylic acids is 1. The number of hydrogen-bond donors (Lipinski definition) is 2. The zero-order valence-electron chi connectivity index (χ0n) is 15.2. The quantitative estimate of drug-likeness (QED) is 0.469. The Kier molecular flexibility index (Phi) is 5.00. The number of aromatic amines is 1. The number of amides is 1. The van der Waals surface area contributed by atoms with E-state index in [0.29, 0.717) is 28.6 Å². The summed E-state index contributed by atoms with van der Waals surface area (Å²) >= 11 is 6.17. The van der Waals surface area contributed by atoms with Gasteiger partial charge >= 0.3 is 0 Å². The summed E-state index contributed by atoms with van der Waals surface area (Å²) in [6, 6.07) is 20.3. The Hall–Kier alpha value is -3.31. The summed E-state index contributed by atoms with van der Waals surface area (Å²) in [6.07, 6.45) is 0. The molecule has 0 unspecified atom stereocenters. The van der Waals surface area contributed by atoms with Gasteiger partial charge in [-0.15, -0.1) is 0 Å². The number of halogens is 1. The Labute approximate surface area is 167 Å². The van der Waals surface area contributed by atoms with Crippen molar-refractivity contribution in [2.45, 2.75) is 6.92 Å². The second-order valence-corrected chi connectivity index (χ2v) is 6.62. The molecule has 0 saturated carbocycles. The third-order valence-electron chi connectivity index (χ3n) is 4.30. The molecule has 0 radical (unpaired) electrons. The molecule has 5 nitrogen and oxygen atoms in total. The van der Waals surface area contributed by atoms with E-state index in [1.54, 1.807) is 30.3 Å². The van der Waals surface area contributed by atoms with Crippen molar-refractivity contribution in [3.8, 4) is 17.1 Å². The molecule has 1 aromatic heterocycles. The number of imidazole rings is 1. The van der Waals surface area contributed by atoms with Crippen molar-refractivity contribution in [3.63, 3.8) is 0 Å². The smallest absolute Gasteiger partial charge is 0.255 e. The summed E-state index contributed by atoms with van der Waals surface area (Å²) in [6.45, 7) is 2.42. The predicted molar refractivity (Wildman–Crippen MR) is 112 cm³/mol. The molecule has 0 aliphatic rings. The fraction of sp³-hybridized carbons (Fsp3) is 0.0909. The van der Waals surface area contributed by atoms with Gasteiger partial charge in [0.25, 0.3) is 5.91 Å². The first kappa shape index (κ1) is 18.1. The molecule has 4 rings (SSSR count). The number of carbonyl (C=O) groups is 1. The zero-order valence-corrected chi connectivity index (χ0v) is 16.0. The lowest BCUT2D eigenvalue weighted by atomic mass is 10.1. The Bertz CT molecular complexity index is 1100. The van der Waals surface area contributed by atoms with Crippen LogP contribution in [0.25, 0.3) is 22.4 Å². The number of para-hydroxylation sites is 2. The number of hydrogen-bond acceptors (Lipinski definition) is 3. The minimum Gasteiger partial charge on any atom is -0.492 e. The highest BCUT2D eigenvalue weighted by Gasteiger charge is 2.10. The maximum atomic E-state index is 12.5. The number of rotatable bonds is 5. The molecule has 4 aromatic rings. The number of ether oxygens (including phenoxy) is 1. The third kappa shape index (κ3) is 3.70. The normalized spacial score (nSPS) is 10.8. The van der Waals surface area contributed by atoms with Gasteiger partial charge in [0.05, 0.1) is 22.7 Å². The van der Waals surface area contributed by atoms with Crippen molar-refractivity contribution in [2.24, 2.45) is 0 Å². The van der Waals surface area contributed by atoms with E-state index in [9.17, 15) is 4.79 Å². The summed E-state index contributed by atoms with van der Waals surface area (Å²) < 4.78 is 5.40. The van der Waals surface area contributed by atoms with Gasteiger partial charge in [-0.05, 0) is 49.4 Å². The lowest BCUT2D eigenvalue weighted by Gasteiger charge is -2.09. The average Bonchev–Trinajstić information content (AvgIpc) is 3.14. The van der Waals surface area contributed by atoms with E-state index >= 15 is 0 Å². The van der Waals surface area contributed by atoms with Crippen LogP contribution in [0.1, 0.15) is 17.3 Å². The van der Waals surface area contributed by atoms with Crippen LogP contribution in [-0.2, 0) is 0 Å². The molecule has 3 aromatic carbocycles. The average molecular weight is 392 g/mol. The minimum atomic E-state index is -0.212. The lowest BCUT2D eigenvalue weighted by molar-refractivity contribution is 0.102. The second-order valence-electron chi connectivity index (χ2n) is 6.21. The number of anilines is 1. The predicted octanol–water partition coefficient (Wildman–Crippen LogP) is 5.53. The number of nitrogens with zero attached hydrogens (tertiary/aromatic N) is 1. The van der Waals surface area contributed by atoms with E-state index in [2.05, 4.69) is 15.3 Å². The molecule has 0 aliphatic heterocycles. The SMILES string of the molecule is CCOc1ccc(NC(=O)c2ccc(-c3nc4ccccc4[nH]3)cc2)cc1Cl. The number of fused-ring (bicyclic) bond motifs is 1. The van der Waals surface area contributed by atoms with E-state index in [0.717, 1.165) is 22.4 Å². The van der Waals surface area contributed by atoms with Crippen LogP contribution in [0.5, 0.6) is 5.75 Å². The molecule has 140 valence electrons. The monoisotopic (exact) mass is 391 g/mol. The fourth-order valence-electron chi connectivity index (χ4n) is 2.92. The van der Waals surface area contributed by atoms with Gasteiger partial charge in [0.2, 0.25) is 0 Å². The van der Waals surface area contributed by atoms with Crippen LogP contribution in [0.4, 0.5) is 5.69 Å². The maximum absolute atomic E-state index is 12.5. The molecule has 0 saturated heterocycles. The number of nitrogens with one attached hydrogen (secondary N) is 2. The maximum Gasteiger partial charge on any atom is 0.255 e. The molecule has 0 spiro atoms. The van der Waals surface area contributed by atoms with E-state index in [4.69, 9.17) is 16.3 Å². The molecule has 2 N–H and O–H groups in total. The molecule has 0 bridgehead atoms. The van der Waals surface area contributed by atoms with E-state index in [-0.39, 0.29) is 5.91 Å². The molecular formula is C22H18ClN3O2. The Balaban J connectivity index is 1.50. The Morgan fingerprint density at radius 1 is 1.11 bits per heavy atom. The number of benzene rings is 3. The highest BCUT2D eigenvalue weighted by molar-refractivity contribution is 6.32. The zero-order chi connectivity index (χ0) is 19.5. The summed E-state index contributed by atoms with van der Waals surface area (Å²) in [5, 5.41) is 3.30. The van der Waals surface area contributed by atoms with Crippen molar-refractivity contribution in [1.82, 2.24) is 9.97 Å². The van der Waals surface area contributed by atoms with Crippen LogP contribution in [0.3, 0.4) is 0 Å². The molecule has 0 aliphatic carbocycles. The Morgan fingerprint density at radius 3 is 2.61 bits per heavy atom. The molecule has 1 heterocycles. The largest absolute Gasteiger partial charge is 0.492 e. The van der Waals surface area contributed by atoms with Gasteiger partial charge in [-0.1, -0.05) is 35.9 Å². The van der Waals surface area contributed by atoms with Gasteiger partial charge < -0.3 is 15.0 Å². The van der Waals surface area contributed by atoms with Gasteiger partial charge in [0.15, 0.2) is 0 Å². The molecule has 6 heteroatoms. The van der Waals surface area contributed by atoms with Crippen LogP contribution in [0.15, 0.2) is 66.7 Å². The van der Waals surface area contributed by atoms with Crippen molar-refractivity contribution >= 4 is 34.2 Å². The lowest BCUT2D eigenvalue weighted by Crippen LogP contribution is -2.11. The van der Waals surface area contributed by atoms with Gasteiger partial charge in [0.1, 0.15) is 11.6 Å². The van der Waals surface area contributed by atoms with Crippen LogP contribution < -0.4 is 10.1 Å². The van der Waals surface area contributed by atoms with Crippen LogP contribution in [0, 0.1) is 0 Å². The van der Waals surface area contributed by atoms with E-state index in [1.807, 2.05) is 43.3 Å². The second kappa shape index (κ2) is 7.74. The number of aromatic nitrogens is 2. The molecule has 28 heavy (non-hydrogen) atoms. The first-order valence-electron chi connectivity index (χ1n) is 8.93. The summed E-state index contributed by atoms with van der Waals surface area (Å²) in [5.74, 6) is 1.15. The minimum absolute atomic E-state index is 0.212. The topological polar surface area (TPSA) is 67.0 Å². The van der Waals surface area contributed by atoms with Gasteiger partial charge in [0, 0.05) is 16.8 Å². The third-order valence-corrected chi connectivity index (χ3v) is 4.59. The van der Waals surface area contributed by atoms with Crippen molar-refractivity contribution in [2.75, 3.05) is 11.9 Å². The Morgan fingerprint density at radius 2 is 1.89 bits per heavy atom. The highest BCUT2D eigenvalue weighted by Crippen LogP contribution is 2.28. The summed E-state index contributed by atoms with van der Waals surface area (Å²) in [5.41, 5.74) is 3.96. The number of H-pyrrole nitrogens is 1. The first-order valence-corrected chi connectivity index (χ1v) is 9.30. The van der Waals surface area contributed by atoms with Crippen LogP contribution >= 0.6 is 11.6 Å². The van der Waals surface area contributed by atoms with Crippen molar-refractivity contribution in [3.05, 3.63) is 77.3 Å². The van der Waals surface area contributed by atoms with E-state index < -0.39 is 0 Å². The van der Waals surface area contributed by atoms with Crippen LogP contribution in [0.2, 0.25) is 5.02 Å². The van der Waals surface area contributed by atoms with Gasteiger partial charge in [-0.3, -0.25) is 4.79 Å². The fourth-order valence-corrected chi connectivity index (χ4v) is 3.16.